The molecular weight excluding hydrogens is 204 g/mol. The van der Waals surface area contributed by atoms with Gasteiger partial charge >= 0.3 is 0 Å². The van der Waals surface area contributed by atoms with Gasteiger partial charge in [-0.3, -0.25) is 9.69 Å². The second-order valence-electron chi connectivity index (χ2n) is 3.92. The molecule has 1 saturated heterocycles. The third-order valence-corrected chi connectivity index (χ3v) is 2.73. The van der Waals surface area contributed by atoms with Gasteiger partial charge in [0.2, 0.25) is 5.91 Å². The van der Waals surface area contributed by atoms with Crippen LogP contribution in [0.3, 0.4) is 0 Å². The van der Waals surface area contributed by atoms with Gasteiger partial charge in [-0.15, -0.1) is 0 Å². The van der Waals surface area contributed by atoms with Gasteiger partial charge in [-0.1, -0.05) is 6.07 Å². The molecule has 0 aliphatic carbocycles. The van der Waals surface area contributed by atoms with E-state index in [1.54, 1.807) is 6.20 Å². The Hall–Kier alpha value is -1.62. The molecule has 1 aromatic rings. The molecule has 0 unspecified atom stereocenters. The van der Waals surface area contributed by atoms with E-state index in [1.165, 1.54) is 0 Å². The van der Waals surface area contributed by atoms with Crippen LogP contribution >= 0.6 is 0 Å². The number of nitrogens with two attached hydrogens (primary N) is 1. The molecule has 1 aliphatic heterocycles. The van der Waals surface area contributed by atoms with Crippen LogP contribution in [0.25, 0.3) is 0 Å². The summed E-state index contributed by atoms with van der Waals surface area (Å²) in [6, 6.07) is 5.90. The van der Waals surface area contributed by atoms with Crippen molar-refractivity contribution in [1.82, 2.24) is 9.88 Å². The summed E-state index contributed by atoms with van der Waals surface area (Å²) in [6.07, 6.45) is 1.80. The first-order chi connectivity index (χ1) is 7.75. The molecular formula is C11H16N4O. The molecule has 0 bridgehead atoms. The number of aromatic nitrogens is 1. The minimum Gasteiger partial charge on any atom is -0.369 e. The molecule has 1 aliphatic rings. The van der Waals surface area contributed by atoms with Crippen molar-refractivity contribution in [3.05, 3.63) is 24.4 Å². The van der Waals surface area contributed by atoms with Gasteiger partial charge < -0.3 is 10.6 Å². The van der Waals surface area contributed by atoms with Crippen LogP contribution in [0.2, 0.25) is 0 Å². The van der Waals surface area contributed by atoms with E-state index in [0.717, 1.165) is 32.0 Å². The summed E-state index contributed by atoms with van der Waals surface area (Å²) in [5.74, 6) is 0.743. The van der Waals surface area contributed by atoms with Gasteiger partial charge in [0.05, 0.1) is 6.54 Å². The number of amides is 1. The minimum absolute atomic E-state index is 0.258. The Morgan fingerprint density at radius 3 is 2.62 bits per heavy atom. The van der Waals surface area contributed by atoms with E-state index in [1.807, 2.05) is 18.2 Å². The molecule has 1 amide bonds. The number of carbonyl (C=O) groups is 1. The molecule has 0 spiro atoms. The topological polar surface area (TPSA) is 62.5 Å². The summed E-state index contributed by atoms with van der Waals surface area (Å²) in [5, 5.41) is 0. The summed E-state index contributed by atoms with van der Waals surface area (Å²) >= 11 is 0. The van der Waals surface area contributed by atoms with E-state index in [0.29, 0.717) is 6.54 Å². The smallest absolute Gasteiger partial charge is 0.231 e. The number of hydrogen-bond donors (Lipinski definition) is 1. The lowest BCUT2D eigenvalue weighted by atomic mass is 10.3. The maximum Gasteiger partial charge on any atom is 0.231 e. The fourth-order valence-electron chi connectivity index (χ4n) is 1.90. The van der Waals surface area contributed by atoms with Gasteiger partial charge in [0.25, 0.3) is 0 Å². The van der Waals surface area contributed by atoms with E-state index in [2.05, 4.69) is 14.8 Å². The number of anilines is 1. The first-order valence-corrected chi connectivity index (χ1v) is 5.42. The van der Waals surface area contributed by atoms with E-state index in [9.17, 15) is 4.79 Å². The van der Waals surface area contributed by atoms with Crippen LogP contribution in [0, 0.1) is 0 Å². The minimum atomic E-state index is -0.258. The van der Waals surface area contributed by atoms with Crippen LogP contribution in [0.5, 0.6) is 0 Å². The molecule has 0 saturated carbocycles. The van der Waals surface area contributed by atoms with Crippen LogP contribution in [0.1, 0.15) is 0 Å². The van der Waals surface area contributed by atoms with E-state index in [4.69, 9.17) is 5.73 Å². The van der Waals surface area contributed by atoms with Gasteiger partial charge in [-0.2, -0.15) is 0 Å². The SMILES string of the molecule is NC(=O)CN1CCN(c2ccccn2)CC1. The molecule has 1 aromatic heterocycles. The zero-order valence-electron chi connectivity index (χ0n) is 9.17. The number of primary amides is 1. The summed E-state index contributed by atoms with van der Waals surface area (Å²) < 4.78 is 0. The molecule has 2 N–H and O–H groups in total. The number of pyridine rings is 1. The van der Waals surface area contributed by atoms with Crippen molar-refractivity contribution < 1.29 is 4.79 Å². The number of rotatable bonds is 3. The number of piperazine rings is 1. The standard InChI is InChI=1S/C11H16N4O/c12-10(16)9-14-5-7-15(8-6-14)11-3-1-2-4-13-11/h1-4H,5-9H2,(H2,12,16). The predicted octanol–water partition coefficient (Wildman–Crippen LogP) is -0.311. The van der Waals surface area contributed by atoms with Gasteiger partial charge in [-0.05, 0) is 12.1 Å². The monoisotopic (exact) mass is 220 g/mol. The quantitative estimate of drug-likeness (QED) is 0.759. The maximum atomic E-state index is 10.8. The second kappa shape index (κ2) is 4.94. The fourth-order valence-corrected chi connectivity index (χ4v) is 1.90. The lowest BCUT2D eigenvalue weighted by Gasteiger charge is -2.34. The largest absolute Gasteiger partial charge is 0.369 e. The Morgan fingerprint density at radius 1 is 1.31 bits per heavy atom. The van der Waals surface area contributed by atoms with Gasteiger partial charge in [-0.25, -0.2) is 4.98 Å². The highest BCUT2D eigenvalue weighted by molar-refractivity contribution is 5.75. The average Bonchev–Trinajstić information content (AvgIpc) is 2.30. The summed E-state index contributed by atoms with van der Waals surface area (Å²) in [7, 11) is 0. The van der Waals surface area contributed by atoms with Gasteiger partial charge in [0, 0.05) is 32.4 Å². The first kappa shape index (κ1) is 10.9. The average molecular weight is 220 g/mol. The molecule has 86 valence electrons. The van der Waals surface area contributed by atoms with Crippen molar-refractivity contribution in [3.8, 4) is 0 Å². The lowest BCUT2D eigenvalue weighted by molar-refractivity contribution is -0.119. The number of nitrogens with zero attached hydrogens (tertiary/aromatic N) is 3. The zero-order chi connectivity index (χ0) is 11.4. The van der Waals surface area contributed by atoms with Crippen LogP contribution in [0.15, 0.2) is 24.4 Å². The van der Waals surface area contributed by atoms with Crippen molar-refractivity contribution >= 4 is 11.7 Å². The third kappa shape index (κ3) is 2.70. The Labute approximate surface area is 94.9 Å². The first-order valence-electron chi connectivity index (χ1n) is 5.42. The van der Waals surface area contributed by atoms with Crippen LogP contribution in [0.4, 0.5) is 5.82 Å². The van der Waals surface area contributed by atoms with Crippen molar-refractivity contribution in [2.45, 2.75) is 0 Å². The second-order valence-corrected chi connectivity index (χ2v) is 3.92. The summed E-state index contributed by atoms with van der Waals surface area (Å²) in [5.41, 5.74) is 5.16. The molecule has 0 aromatic carbocycles. The Balaban J connectivity index is 1.88. The highest BCUT2D eigenvalue weighted by Gasteiger charge is 2.18. The molecule has 5 nitrogen and oxygen atoms in total. The van der Waals surface area contributed by atoms with Gasteiger partial charge in [0.1, 0.15) is 5.82 Å². The number of carbonyl (C=O) groups excluding carboxylic acids is 1. The molecule has 1 fully saturated rings. The fraction of sp³-hybridized carbons (Fsp3) is 0.455. The van der Waals surface area contributed by atoms with Crippen LogP contribution in [-0.4, -0.2) is 48.5 Å². The highest BCUT2D eigenvalue weighted by atomic mass is 16.1. The predicted molar refractivity (Wildman–Crippen MR) is 62.1 cm³/mol. The van der Waals surface area contributed by atoms with E-state index in [-0.39, 0.29) is 5.91 Å². The van der Waals surface area contributed by atoms with Crippen LogP contribution in [-0.2, 0) is 4.79 Å². The molecule has 2 rings (SSSR count). The molecule has 2 heterocycles. The summed E-state index contributed by atoms with van der Waals surface area (Å²) in [6.45, 7) is 3.86. The van der Waals surface area contributed by atoms with E-state index >= 15 is 0 Å². The van der Waals surface area contributed by atoms with Crippen molar-refractivity contribution in [2.75, 3.05) is 37.6 Å². The third-order valence-electron chi connectivity index (χ3n) is 2.73. The Bertz CT molecular complexity index is 346. The van der Waals surface area contributed by atoms with Gasteiger partial charge in [0.15, 0.2) is 0 Å². The highest BCUT2D eigenvalue weighted by Crippen LogP contribution is 2.11. The molecule has 16 heavy (non-hydrogen) atoms. The molecule has 0 atom stereocenters. The van der Waals surface area contributed by atoms with Crippen molar-refractivity contribution in [1.29, 1.82) is 0 Å². The van der Waals surface area contributed by atoms with Crippen molar-refractivity contribution in [2.24, 2.45) is 5.73 Å². The number of hydrogen-bond acceptors (Lipinski definition) is 4. The molecule has 0 radical (unpaired) electrons. The van der Waals surface area contributed by atoms with Crippen LogP contribution < -0.4 is 10.6 Å². The van der Waals surface area contributed by atoms with Crippen molar-refractivity contribution in [3.63, 3.8) is 0 Å². The summed E-state index contributed by atoms with van der Waals surface area (Å²) in [4.78, 5) is 19.4. The lowest BCUT2D eigenvalue weighted by Crippen LogP contribution is -2.49. The Morgan fingerprint density at radius 2 is 2.06 bits per heavy atom. The maximum absolute atomic E-state index is 10.8. The molecule has 5 heteroatoms. The van der Waals surface area contributed by atoms with E-state index < -0.39 is 0 Å². The zero-order valence-corrected chi connectivity index (χ0v) is 9.17. The Kier molecular flexibility index (Phi) is 3.36. The normalized spacial score (nSPS) is 17.4.